The maximum Gasteiger partial charge on any atom is 0.188 e. The van der Waals surface area contributed by atoms with Crippen LogP contribution in [-0.4, -0.2) is 28.1 Å². The van der Waals surface area contributed by atoms with E-state index in [1.807, 2.05) is 19.1 Å². The van der Waals surface area contributed by atoms with Crippen molar-refractivity contribution in [2.75, 3.05) is 7.11 Å². The molecular weight excluding hydrogens is 288 g/mol. The smallest absolute Gasteiger partial charge is 0.188 e. The highest BCUT2D eigenvalue weighted by atomic mass is 32.2. The van der Waals surface area contributed by atoms with Gasteiger partial charge < -0.3 is 15.7 Å². The van der Waals surface area contributed by atoms with Crippen molar-refractivity contribution in [2.45, 2.75) is 17.8 Å². The van der Waals surface area contributed by atoms with Crippen LogP contribution in [0, 0.1) is 6.92 Å². The number of hydrogen-bond donors (Lipinski definition) is 2. The molecule has 0 aliphatic heterocycles. The van der Waals surface area contributed by atoms with Crippen LogP contribution in [-0.2, 0) is 5.75 Å². The SMILES string of the molecule is COc1ccc(/C(N)=N/O)cc1CSc1nccc(C)n1. The van der Waals surface area contributed by atoms with Crippen molar-refractivity contribution >= 4 is 17.6 Å². The van der Waals surface area contributed by atoms with Crippen molar-refractivity contribution in [3.63, 3.8) is 0 Å². The van der Waals surface area contributed by atoms with Crippen LogP contribution in [0.1, 0.15) is 16.8 Å². The molecule has 2 rings (SSSR count). The average Bonchev–Trinajstić information content (AvgIpc) is 2.52. The molecule has 21 heavy (non-hydrogen) atoms. The second kappa shape index (κ2) is 6.94. The first-order valence-corrected chi connectivity index (χ1v) is 7.20. The van der Waals surface area contributed by atoms with Crippen LogP contribution in [0.2, 0.25) is 0 Å². The summed E-state index contributed by atoms with van der Waals surface area (Å²) in [4.78, 5) is 8.55. The number of hydrogen-bond acceptors (Lipinski definition) is 6. The van der Waals surface area contributed by atoms with Crippen LogP contribution in [0.3, 0.4) is 0 Å². The van der Waals surface area contributed by atoms with E-state index in [9.17, 15) is 0 Å². The molecule has 0 atom stereocenters. The predicted octanol–water partition coefficient (Wildman–Crippen LogP) is 2.18. The van der Waals surface area contributed by atoms with Crippen molar-refractivity contribution in [3.05, 3.63) is 47.3 Å². The van der Waals surface area contributed by atoms with Crippen LogP contribution < -0.4 is 10.5 Å². The standard InChI is InChI=1S/C14H16N4O2S/c1-9-5-6-16-14(17-9)21-8-11-7-10(13(15)18-19)3-4-12(11)20-2/h3-7,19H,8H2,1-2H3,(H2,15,18). The molecule has 110 valence electrons. The number of aromatic nitrogens is 2. The summed E-state index contributed by atoms with van der Waals surface area (Å²) < 4.78 is 5.33. The average molecular weight is 304 g/mol. The molecule has 0 aliphatic carbocycles. The molecule has 0 bridgehead atoms. The van der Waals surface area contributed by atoms with Gasteiger partial charge in [-0.1, -0.05) is 16.9 Å². The topological polar surface area (TPSA) is 93.6 Å². The van der Waals surface area contributed by atoms with Gasteiger partial charge in [-0.15, -0.1) is 0 Å². The quantitative estimate of drug-likeness (QED) is 0.220. The minimum atomic E-state index is 0.0655. The van der Waals surface area contributed by atoms with Crippen molar-refractivity contribution < 1.29 is 9.94 Å². The Hall–Kier alpha value is -2.28. The van der Waals surface area contributed by atoms with Gasteiger partial charge in [-0.05, 0) is 31.2 Å². The second-order valence-electron chi connectivity index (χ2n) is 4.28. The fraction of sp³-hybridized carbons (Fsp3) is 0.214. The first-order chi connectivity index (χ1) is 10.1. The van der Waals surface area contributed by atoms with E-state index in [1.165, 1.54) is 11.8 Å². The molecule has 2 aromatic rings. The van der Waals surface area contributed by atoms with Crippen LogP contribution >= 0.6 is 11.8 Å². The Morgan fingerprint density at radius 3 is 2.90 bits per heavy atom. The normalized spacial score (nSPS) is 11.4. The molecule has 0 unspecified atom stereocenters. The largest absolute Gasteiger partial charge is 0.496 e. The number of thioether (sulfide) groups is 1. The Morgan fingerprint density at radius 2 is 2.24 bits per heavy atom. The van der Waals surface area contributed by atoms with Crippen LogP contribution in [0.15, 0.2) is 40.8 Å². The first kappa shape index (κ1) is 15.1. The lowest BCUT2D eigenvalue weighted by Crippen LogP contribution is -2.13. The summed E-state index contributed by atoms with van der Waals surface area (Å²) in [7, 11) is 1.61. The van der Waals surface area contributed by atoms with Gasteiger partial charge in [-0.3, -0.25) is 0 Å². The lowest BCUT2D eigenvalue weighted by Gasteiger charge is -2.10. The molecule has 7 heteroatoms. The van der Waals surface area contributed by atoms with Crippen LogP contribution in [0.5, 0.6) is 5.75 Å². The summed E-state index contributed by atoms with van der Waals surface area (Å²) in [5, 5.41) is 12.5. The Kier molecular flexibility index (Phi) is 4.99. The summed E-state index contributed by atoms with van der Waals surface area (Å²) >= 11 is 1.50. The van der Waals surface area contributed by atoms with Gasteiger partial charge in [0.1, 0.15) is 5.75 Å². The highest BCUT2D eigenvalue weighted by molar-refractivity contribution is 7.98. The molecule has 6 nitrogen and oxygen atoms in total. The Labute approximate surface area is 127 Å². The predicted molar refractivity (Wildman–Crippen MR) is 81.8 cm³/mol. The molecule has 0 saturated heterocycles. The lowest BCUT2D eigenvalue weighted by molar-refractivity contribution is 0.318. The minimum absolute atomic E-state index is 0.0655. The first-order valence-electron chi connectivity index (χ1n) is 6.21. The monoisotopic (exact) mass is 304 g/mol. The van der Waals surface area contributed by atoms with E-state index in [0.717, 1.165) is 17.0 Å². The van der Waals surface area contributed by atoms with E-state index < -0.39 is 0 Å². The number of methoxy groups -OCH3 is 1. The van der Waals surface area contributed by atoms with Gasteiger partial charge in [0.05, 0.1) is 7.11 Å². The van der Waals surface area contributed by atoms with Crippen molar-refractivity contribution in [1.82, 2.24) is 9.97 Å². The molecule has 0 radical (unpaired) electrons. The number of oxime groups is 1. The zero-order valence-electron chi connectivity index (χ0n) is 11.8. The zero-order valence-corrected chi connectivity index (χ0v) is 12.6. The third-order valence-electron chi connectivity index (χ3n) is 2.81. The third kappa shape index (κ3) is 3.85. The molecule has 0 fully saturated rings. The third-order valence-corrected chi connectivity index (χ3v) is 3.72. The number of amidine groups is 1. The van der Waals surface area contributed by atoms with Gasteiger partial charge in [0, 0.05) is 28.8 Å². The van der Waals surface area contributed by atoms with E-state index in [0.29, 0.717) is 16.5 Å². The van der Waals surface area contributed by atoms with Crippen molar-refractivity contribution in [1.29, 1.82) is 0 Å². The highest BCUT2D eigenvalue weighted by Gasteiger charge is 2.09. The Balaban J connectivity index is 2.21. The molecule has 0 saturated carbocycles. The number of rotatable bonds is 5. The lowest BCUT2D eigenvalue weighted by atomic mass is 10.1. The summed E-state index contributed by atoms with van der Waals surface area (Å²) in [5.41, 5.74) is 8.10. The summed E-state index contributed by atoms with van der Waals surface area (Å²) in [6, 6.07) is 7.21. The summed E-state index contributed by atoms with van der Waals surface area (Å²) in [6.07, 6.45) is 1.73. The Morgan fingerprint density at radius 1 is 1.43 bits per heavy atom. The van der Waals surface area contributed by atoms with E-state index in [2.05, 4.69) is 15.1 Å². The van der Waals surface area contributed by atoms with Gasteiger partial charge >= 0.3 is 0 Å². The molecule has 1 heterocycles. The fourth-order valence-corrected chi connectivity index (χ4v) is 2.60. The molecule has 0 amide bonds. The van der Waals surface area contributed by atoms with E-state index in [4.69, 9.17) is 15.7 Å². The number of benzene rings is 1. The molecule has 1 aromatic carbocycles. The van der Waals surface area contributed by atoms with E-state index >= 15 is 0 Å². The van der Waals surface area contributed by atoms with Crippen LogP contribution in [0.25, 0.3) is 0 Å². The highest BCUT2D eigenvalue weighted by Crippen LogP contribution is 2.27. The van der Waals surface area contributed by atoms with Crippen LogP contribution in [0.4, 0.5) is 0 Å². The van der Waals surface area contributed by atoms with E-state index in [1.54, 1.807) is 25.4 Å². The van der Waals surface area contributed by atoms with Crippen molar-refractivity contribution in [3.8, 4) is 5.75 Å². The fourth-order valence-electron chi connectivity index (χ4n) is 1.75. The van der Waals surface area contributed by atoms with Gasteiger partial charge in [0.15, 0.2) is 11.0 Å². The molecule has 3 N–H and O–H groups in total. The van der Waals surface area contributed by atoms with Gasteiger partial charge in [-0.2, -0.15) is 0 Å². The maximum atomic E-state index is 8.75. The van der Waals surface area contributed by atoms with Gasteiger partial charge in [0.2, 0.25) is 0 Å². The summed E-state index contributed by atoms with van der Waals surface area (Å²) in [5.74, 6) is 1.43. The number of nitrogens with zero attached hydrogens (tertiary/aromatic N) is 3. The second-order valence-corrected chi connectivity index (χ2v) is 5.22. The van der Waals surface area contributed by atoms with Gasteiger partial charge in [0.25, 0.3) is 0 Å². The summed E-state index contributed by atoms with van der Waals surface area (Å²) in [6.45, 7) is 1.92. The minimum Gasteiger partial charge on any atom is -0.496 e. The molecule has 1 aromatic heterocycles. The van der Waals surface area contributed by atoms with Crippen molar-refractivity contribution in [2.24, 2.45) is 10.9 Å². The maximum absolute atomic E-state index is 8.75. The number of aryl methyl sites for hydroxylation is 1. The Bertz CT molecular complexity index is 661. The molecule has 0 aliphatic rings. The molecular formula is C14H16N4O2S. The van der Waals surface area contributed by atoms with Gasteiger partial charge in [-0.25, -0.2) is 9.97 Å². The van der Waals surface area contributed by atoms with E-state index in [-0.39, 0.29) is 5.84 Å². The molecule has 0 spiro atoms. The zero-order chi connectivity index (χ0) is 15.2. The number of nitrogens with two attached hydrogens (primary N) is 1. The number of ether oxygens (including phenoxy) is 1.